The van der Waals surface area contributed by atoms with Crippen LogP contribution in [-0.2, 0) is 9.47 Å². The van der Waals surface area contributed by atoms with E-state index in [9.17, 15) is 4.79 Å². The number of amides is 1. The first kappa shape index (κ1) is 14.3. The van der Waals surface area contributed by atoms with Crippen LogP contribution in [0.25, 0.3) is 0 Å². The highest BCUT2D eigenvalue weighted by Crippen LogP contribution is 2.17. The zero-order valence-electron chi connectivity index (χ0n) is 11.1. The van der Waals surface area contributed by atoms with Gasteiger partial charge in [0.2, 0.25) is 0 Å². The minimum atomic E-state index is -0.494. The molecule has 1 heterocycles. The Labute approximate surface area is 103 Å². The van der Waals surface area contributed by atoms with Crippen molar-refractivity contribution in [1.82, 2.24) is 4.90 Å². The lowest BCUT2D eigenvalue weighted by atomic mass is 10.2. The third-order valence-corrected chi connectivity index (χ3v) is 2.54. The molecule has 1 aliphatic heterocycles. The van der Waals surface area contributed by atoms with E-state index in [0.717, 1.165) is 6.42 Å². The van der Waals surface area contributed by atoms with E-state index in [0.29, 0.717) is 13.1 Å². The van der Waals surface area contributed by atoms with Crippen molar-refractivity contribution in [3.05, 3.63) is 0 Å². The minimum absolute atomic E-state index is 0.0200. The van der Waals surface area contributed by atoms with Gasteiger partial charge in [0.25, 0.3) is 0 Å². The topological polar surface area (TPSA) is 59.0 Å². The van der Waals surface area contributed by atoms with E-state index in [2.05, 4.69) is 0 Å². The monoisotopic (exact) mass is 245 g/mol. The van der Waals surface area contributed by atoms with Crippen molar-refractivity contribution in [1.29, 1.82) is 0 Å². The van der Waals surface area contributed by atoms with Crippen LogP contribution in [0.4, 0.5) is 4.79 Å². The lowest BCUT2D eigenvalue weighted by Crippen LogP contribution is -2.52. The number of nitrogens with zero attached hydrogens (tertiary/aromatic N) is 1. The maximum absolute atomic E-state index is 11.9. The van der Waals surface area contributed by atoms with Gasteiger partial charge in [-0.15, -0.1) is 0 Å². The van der Waals surface area contributed by atoms with Crippen LogP contribution in [0.3, 0.4) is 0 Å². The first-order chi connectivity index (χ1) is 7.85. The van der Waals surface area contributed by atoms with Gasteiger partial charge in [-0.2, -0.15) is 0 Å². The fourth-order valence-corrected chi connectivity index (χ4v) is 1.73. The Morgan fingerprint density at radius 3 is 2.47 bits per heavy atom. The summed E-state index contributed by atoms with van der Waals surface area (Å²) >= 11 is 0. The molecule has 5 heteroatoms. The highest BCUT2D eigenvalue weighted by atomic mass is 16.6. The SMILES string of the molecule is CC[C@@H]1CN(C(=O)OC(C)(C)C)C[C@@H](CO)O1. The van der Waals surface area contributed by atoms with Crippen LogP contribution in [0.5, 0.6) is 0 Å². The predicted octanol–water partition coefficient (Wildman–Crippen LogP) is 1.39. The highest BCUT2D eigenvalue weighted by molar-refractivity contribution is 5.68. The van der Waals surface area contributed by atoms with E-state index < -0.39 is 5.60 Å². The van der Waals surface area contributed by atoms with Crippen LogP contribution in [0.15, 0.2) is 0 Å². The summed E-state index contributed by atoms with van der Waals surface area (Å²) in [5.74, 6) is 0. The zero-order chi connectivity index (χ0) is 13.1. The number of carbonyl (C=O) groups is 1. The molecule has 0 aromatic carbocycles. The van der Waals surface area contributed by atoms with Crippen LogP contribution in [0.1, 0.15) is 34.1 Å². The number of ether oxygens (including phenoxy) is 2. The van der Waals surface area contributed by atoms with Crippen molar-refractivity contribution in [2.45, 2.75) is 51.9 Å². The number of hydrogen-bond donors (Lipinski definition) is 1. The summed E-state index contributed by atoms with van der Waals surface area (Å²) < 4.78 is 10.9. The van der Waals surface area contributed by atoms with Gasteiger partial charge in [0, 0.05) is 0 Å². The number of carbonyl (C=O) groups excluding carboxylic acids is 1. The molecule has 100 valence electrons. The highest BCUT2D eigenvalue weighted by Gasteiger charge is 2.31. The second-order valence-corrected chi connectivity index (χ2v) is 5.36. The van der Waals surface area contributed by atoms with E-state index in [1.165, 1.54) is 0 Å². The van der Waals surface area contributed by atoms with Gasteiger partial charge in [-0.1, -0.05) is 6.92 Å². The van der Waals surface area contributed by atoms with Crippen LogP contribution in [0, 0.1) is 0 Å². The van der Waals surface area contributed by atoms with E-state index >= 15 is 0 Å². The summed E-state index contributed by atoms with van der Waals surface area (Å²) in [6.45, 7) is 8.36. The standard InChI is InChI=1S/C12H23NO4/c1-5-9-6-13(7-10(8-14)16-9)11(15)17-12(2,3)4/h9-10,14H,5-8H2,1-4H3/t9-,10+/m1/s1. The average Bonchev–Trinajstić information content (AvgIpc) is 2.26. The molecule has 17 heavy (non-hydrogen) atoms. The summed E-state index contributed by atoms with van der Waals surface area (Å²) in [6.07, 6.45) is 0.155. The van der Waals surface area contributed by atoms with Crippen LogP contribution >= 0.6 is 0 Å². The number of hydrogen-bond acceptors (Lipinski definition) is 4. The lowest BCUT2D eigenvalue weighted by molar-refractivity contribution is -0.103. The molecule has 1 aliphatic rings. The van der Waals surface area contributed by atoms with E-state index in [4.69, 9.17) is 14.6 Å². The average molecular weight is 245 g/mol. The van der Waals surface area contributed by atoms with Gasteiger partial charge in [0.05, 0.1) is 31.9 Å². The van der Waals surface area contributed by atoms with Crippen molar-refractivity contribution in [3.63, 3.8) is 0 Å². The smallest absolute Gasteiger partial charge is 0.410 e. The maximum atomic E-state index is 11.9. The predicted molar refractivity (Wildman–Crippen MR) is 63.8 cm³/mol. The number of aliphatic hydroxyl groups is 1. The molecule has 0 aromatic heterocycles. The number of aliphatic hydroxyl groups excluding tert-OH is 1. The molecule has 0 spiro atoms. The fraction of sp³-hybridized carbons (Fsp3) is 0.917. The van der Waals surface area contributed by atoms with Crippen LogP contribution < -0.4 is 0 Å². The molecular weight excluding hydrogens is 222 g/mol. The van der Waals surface area contributed by atoms with Gasteiger partial charge in [-0.05, 0) is 27.2 Å². The Balaban J connectivity index is 2.59. The quantitative estimate of drug-likeness (QED) is 0.798. The molecule has 0 aromatic rings. The van der Waals surface area contributed by atoms with Gasteiger partial charge in [-0.3, -0.25) is 0 Å². The maximum Gasteiger partial charge on any atom is 0.410 e. The molecule has 0 aliphatic carbocycles. The Hall–Kier alpha value is -0.810. The van der Waals surface area contributed by atoms with Gasteiger partial charge in [0.1, 0.15) is 5.60 Å². The Morgan fingerprint density at radius 2 is 2.00 bits per heavy atom. The molecule has 0 bridgehead atoms. The summed E-state index contributed by atoms with van der Waals surface area (Å²) in [5, 5.41) is 9.13. The summed E-state index contributed by atoms with van der Waals surface area (Å²) in [5.41, 5.74) is -0.494. The molecule has 2 atom stereocenters. The molecule has 5 nitrogen and oxygen atoms in total. The Bertz CT molecular complexity index is 250. The van der Waals surface area contributed by atoms with Crippen molar-refractivity contribution in [2.24, 2.45) is 0 Å². The summed E-state index contributed by atoms with van der Waals surface area (Å²) in [7, 11) is 0. The molecule has 1 saturated heterocycles. The molecular formula is C12H23NO4. The van der Waals surface area contributed by atoms with Crippen molar-refractivity contribution < 1.29 is 19.4 Å². The van der Waals surface area contributed by atoms with E-state index in [1.807, 2.05) is 27.7 Å². The Morgan fingerprint density at radius 1 is 1.41 bits per heavy atom. The second kappa shape index (κ2) is 5.69. The lowest BCUT2D eigenvalue weighted by Gasteiger charge is -2.37. The molecule has 1 N–H and O–H groups in total. The molecule has 0 radical (unpaired) electrons. The molecule has 0 saturated carbocycles. The first-order valence-electron chi connectivity index (χ1n) is 6.10. The number of rotatable bonds is 2. The van der Waals surface area contributed by atoms with Crippen molar-refractivity contribution >= 4 is 6.09 Å². The third-order valence-electron chi connectivity index (χ3n) is 2.54. The molecule has 1 amide bonds. The van der Waals surface area contributed by atoms with Crippen molar-refractivity contribution in [3.8, 4) is 0 Å². The second-order valence-electron chi connectivity index (χ2n) is 5.36. The molecule has 1 rings (SSSR count). The zero-order valence-corrected chi connectivity index (χ0v) is 11.1. The van der Waals surface area contributed by atoms with Gasteiger partial charge in [0.15, 0.2) is 0 Å². The normalized spacial score (nSPS) is 25.8. The summed E-state index contributed by atoms with van der Waals surface area (Å²) in [4.78, 5) is 13.5. The van der Waals surface area contributed by atoms with E-state index in [-0.39, 0.29) is 24.9 Å². The van der Waals surface area contributed by atoms with Gasteiger partial charge in [-0.25, -0.2) is 4.79 Å². The first-order valence-corrected chi connectivity index (χ1v) is 6.10. The largest absolute Gasteiger partial charge is 0.444 e. The van der Waals surface area contributed by atoms with Gasteiger partial charge >= 0.3 is 6.09 Å². The summed E-state index contributed by atoms with van der Waals surface area (Å²) in [6, 6.07) is 0. The van der Waals surface area contributed by atoms with Crippen LogP contribution in [0.2, 0.25) is 0 Å². The fourth-order valence-electron chi connectivity index (χ4n) is 1.73. The third kappa shape index (κ3) is 4.52. The Kier molecular flexibility index (Phi) is 4.77. The molecule has 1 fully saturated rings. The van der Waals surface area contributed by atoms with E-state index in [1.54, 1.807) is 4.90 Å². The minimum Gasteiger partial charge on any atom is -0.444 e. The van der Waals surface area contributed by atoms with Gasteiger partial charge < -0.3 is 19.5 Å². The molecule has 0 unspecified atom stereocenters. The van der Waals surface area contributed by atoms with Crippen LogP contribution in [-0.4, -0.2) is 53.6 Å². The van der Waals surface area contributed by atoms with Crippen molar-refractivity contribution in [2.75, 3.05) is 19.7 Å². The number of morpholine rings is 1.